The van der Waals surface area contributed by atoms with Crippen LogP contribution in [-0.4, -0.2) is 20.6 Å². The molecule has 0 saturated carbocycles. The van der Waals surface area contributed by atoms with Gasteiger partial charge in [-0.05, 0) is 11.9 Å². The van der Waals surface area contributed by atoms with E-state index in [0.717, 1.165) is 0 Å². The van der Waals surface area contributed by atoms with Crippen molar-refractivity contribution in [2.75, 3.05) is 0 Å². The van der Waals surface area contributed by atoms with Crippen molar-refractivity contribution in [3.8, 4) is 11.8 Å². The molecule has 0 N–H and O–H groups in total. The second kappa shape index (κ2) is 2.43. The molecule has 32 valence electrons. The van der Waals surface area contributed by atoms with Crippen LogP contribution in [0.4, 0.5) is 0 Å². The molecule has 4 radical (unpaired) electrons. The van der Waals surface area contributed by atoms with Crippen molar-refractivity contribution in [1.82, 2.24) is 0 Å². The number of hydrogen-bond acceptors (Lipinski definition) is 0. The minimum Gasteiger partial charge on any atom is -0.137 e. The minimum absolute atomic E-state index is 0.894. The third-order valence-corrected chi connectivity index (χ3v) is 0.486. The zero-order chi connectivity index (χ0) is 5.91. The lowest BCUT2D eigenvalue weighted by Crippen LogP contribution is -2.16. The first-order valence-electron chi connectivity index (χ1n) is 1.87. The summed E-state index contributed by atoms with van der Waals surface area (Å²) in [6.45, 7) is 1.69. The zero-order valence-electron chi connectivity index (χ0n) is 4.23. The predicted molar refractivity (Wildman–Crippen MR) is 37.4 cm³/mol. The van der Waals surface area contributed by atoms with Gasteiger partial charge in [-0.3, -0.25) is 0 Å². The molecule has 0 spiro atoms. The molecule has 0 bridgehead atoms. The molecule has 0 amide bonds. The lowest BCUT2D eigenvalue weighted by atomic mass is 9.70. The van der Waals surface area contributed by atoms with E-state index in [1.807, 2.05) is 0 Å². The molecule has 1 atom stereocenters. The standard InChI is InChI=1S/C4H5B2P/c1-2-3-4(5,6)7/h7H2,1H3. The summed E-state index contributed by atoms with van der Waals surface area (Å²) in [6, 6.07) is 0. The molecule has 7 heavy (non-hydrogen) atoms. The molecule has 3 heteroatoms. The highest BCUT2D eigenvalue weighted by atomic mass is 31.0. The molecule has 0 aromatic heterocycles. The van der Waals surface area contributed by atoms with Crippen LogP contribution < -0.4 is 0 Å². The highest BCUT2D eigenvalue weighted by Gasteiger charge is 2.01. The van der Waals surface area contributed by atoms with E-state index >= 15 is 0 Å². The Kier molecular flexibility index (Phi) is 2.47. The van der Waals surface area contributed by atoms with Crippen molar-refractivity contribution in [2.45, 2.75) is 11.9 Å². The Morgan fingerprint density at radius 1 is 1.57 bits per heavy atom. The highest BCUT2D eigenvalue weighted by molar-refractivity contribution is 7.27. The monoisotopic (exact) mass is 106 g/mol. The highest BCUT2D eigenvalue weighted by Crippen LogP contribution is 2.03. The Bertz CT molecular complexity index is 103. The van der Waals surface area contributed by atoms with Crippen LogP contribution in [0.15, 0.2) is 0 Å². The van der Waals surface area contributed by atoms with Crippen LogP contribution in [0.3, 0.4) is 0 Å². The Balaban J connectivity index is 3.72. The van der Waals surface area contributed by atoms with E-state index in [1.165, 1.54) is 0 Å². The van der Waals surface area contributed by atoms with E-state index in [1.54, 1.807) is 6.92 Å². The van der Waals surface area contributed by atoms with Crippen LogP contribution in [0.25, 0.3) is 0 Å². The average molecular weight is 106 g/mol. The van der Waals surface area contributed by atoms with Crippen LogP contribution in [-0.2, 0) is 0 Å². The van der Waals surface area contributed by atoms with Crippen LogP contribution in [0, 0.1) is 11.8 Å². The zero-order valence-corrected chi connectivity index (χ0v) is 5.39. The lowest BCUT2D eigenvalue weighted by molar-refractivity contribution is 1.58. The Labute approximate surface area is 49.5 Å². The SMILES string of the molecule is [B]C([B])(P)C#CC. The average Bonchev–Trinajstić information content (AvgIpc) is 1.30. The molecule has 0 fully saturated rings. The Morgan fingerprint density at radius 2 is 2.00 bits per heavy atom. The Morgan fingerprint density at radius 3 is 2.00 bits per heavy atom. The first-order chi connectivity index (χ1) is 3.06. The molecule has 0 aromatic carbocycles. The van der Waals surface area contributed by atoms with E-state index in [2.05, 4.69) is 21.1 Å². The summed E-state index contributed by atoms with van der Waals surface area (Å²) in [5.74, 6) is 5.14. The molecule has 0 aromatic rings. The summed E-state index contributed by atoms with van der Waals surface area (Å²) in [7, 11) is 12.6. The van der Waals surface area contributed by atoms with E-state index in [4.69, 9.17) is 15.7 Å². The molecular weight excluding hydrogens is 101 g/mol. The van der Waals surface area contributed by atoms with Gasteiger partial charge in [0, 0.05) is 0 Å². The maximum absolute atomic E-state index is 5.21. The minimum atomic E-state index is -0.894. The second-order valence-electron chi connectivity index (χ2n) is 1.31. The normalized spacial score (nSPS) is 9.43. The number of rotatable bonds is 0. The molecular formula is C4H5B2P. The van der Waals surface area contributed by atoms with Crippen LogP contribution in [0.2, 0.25) is 0 Å². The maximum atomic E-state index is 5.21. The third kappa shape index (κ3) is 6.12. The number of hydrogen-bond donors (Lipinski definition) is 0. The molecule has 0 rings (SSSR count). The quantitative estimate of drug-likeness (QED) is 0.229. The fraction of sp³-hybridized carbons (Fsp3) is 0.500. The summed E-state index contributed by atoms with van der Waals surface area (Å²) < 4.78 is 0. The van der Waals surface area contributed by atoms with Crippen molar-refractivity contribution >= 4 is 24.9 Å². The van der Waals surface area contributed by atoms with Gasteiger partial charge in [0.2, 0.25) is 0 Å². The molecule has 0 aliphatic heterocycles. The van der Waals surface area contributed by atoms with Crippen LogP contribution >= 0.6 is 9.24 Å². The lowest BCUT2D eigenvalue weighted by Gasteiger charge is -2.06. The maximum Gasteiger partial charge on any atom is 0.0846 e. The Hall–Kier alpha value is 0.120. The van der Waals surface area contributed by atoms with Gasteiger partial charge in [0.1, 0.15) is 0 Å². The van der Waals surface area contributed by atoms with Gasteiger partial charge in [-0.2, -0.15) is 0 Å². The first-order valence-corrected chi connectivity index (χ1v) is 2.44. The van der Waals surface area contributed by atoms with E-state index < -0.39 is 4.95 Å². The van der Waals surface area contributed by atoms with Gasteiger partial charge in [0.15, 0.2) is 0 Å². The van der Waals surface area contributed by atoms with Gasteiger partial charge >= 0.3 is 0 Å². The van der Waals surface area contributed by atoms with Crippen molar-refractivity contribution in [3.63, 3.8) is 0 Å². The summed E-state index contributed by atoms with van der Waals surface area (Å²) in [4.78, 5) is -0.894. The molecule has 0 nitrogen and oxygen atoms in total. The predicted octanol–water partition coefficient (Wildman–Crippen LogP) is -0.124. The van der Waals surface area contributed by atoms with Gasteiger partial charge in [-0.15, -0.1) is 21.1 Å². The van der Waals surface area contributed by atoms with E-state index in [9.17, 15) is 0 Å². The second-order valence-corrected chi connectivity index (χ2v) is 2.26. The van der Waals surface area contributed by atoms with E-state index in [0.29, 0.717) is 0 Å². The molecule has 0 aliphatic carbocycles. The molecule has 1 unspecified atom stereocenters. The third-order valence-electron chi connectivity index (χ3n) is 0.342. The fourth-order valence-electron chi connectivity index (χ4n) is 0.217. The van der Waals surface area contributed by atoms with Crippen LogP contribution in [0.5, 0.6) is 0 Å². The first kappa shape index (κ1) is 7.12. The van der Waals surface area contributed by atoms with Crippen molar-refractivity contribution in [3.05, 3.63) is 0 Å². The van der Waals surface area contributed by atoms with Gasteiger partial charge in [-0.1, -0.05) is 0 Å². The molecule has 0 aliphatic rings. The largest absolute Gasteiger partial charge is 0.137 e. The van der Waals surface area contributed by atoms with Crippen molar-refractivity contribution < 1.29 is 0 Å². The summed E-state index contributed by atoms with van der Waals surface area (Å²) >= 11 is 0. The fourth-order valence-corrected chi connectivity index (χ4v) is 0.361. The van der Waals surface area contributed by atoms with Crippen LogP contribution in [0.1, 0.15) is 6.92 Å². The summed E-state index contributed by atoms with van der Waals surface area (Å²) in [5.41, 5.74) is 0. The van der Waals surface area contributed by atoms with Gasteiger partial charge < -0.3 is 0 Å². The topological polar surface area (TPSA) is 0 Å². The van der Waals surface area contributed by atoms with Crippen molar-refractivity contribution in [1.29, 1.82) is 0 Å². The summed E-state index contributed by atoms with van der Waals surface area (Å²) in [5, 5.41) is 0. The smallest absolute Gasteiger partial charge is 0.0846 e. The van der Waals surface area contributed by atoms with Crippen molar-refractivity contribution in [2.24, 2.45) is 0 Å². The summed E-state index contributed by atoms with van der Waals surface area (Å²) in [6.07, 6.45) is 0. The molecule has 0 heterocycles. The van der Waals surface area contributed by atoms with Gasteiger partial charge in [-0.25, -0.2) is 0 Å². The van der Waals surface area contributed by atoms with Gasteiger partial charge in [0.05, 0.1) is 15.7 Å². The molecule has 0 saturated heterocycles. The van der Waals surface area contributed by atoms with E-state index in [-0.39, 0.29) is 0 Å². The van der Waals surface area contributed by atoms with Gasteiger partial charge in [0.25, 0.3) is 0 Å².